The lowest BCUT2D eigenvalue weighted by Crippen LogP contribution is -2.57. The zero-order chi connectivity index (χ0) is 19.4. The van der Waals surface area contributed by atoms with Gasteiger partial charge in [0, 0.05) is 19.6 Å². The zero-order valence-electron chi connectivity index (χ0n) is 15.7. The molecule has 3 rings (SSSR count). The Hall–Kier alpha value is -1.64. The molecule has 1 aliphatic heterocycles. The van der Waals surface area contributed by atoms with Crippen molar-refractivity contribution in [3.8, 4) is 5.75 Å². The van der Waals surface area contributed by atoms with Gasteiger partial charge >= 0.3 is 5.97 Å². The third-order valence-electron chi connectivity index (χ3n) is 5.46. The predicted octanol–water partition coefficient (Wildman–Crippen LogP) is 2.03. The van der Waals surface area contributed by atoms with Gasteiger partial charge in [0.2, 0.25) is 10.0 Å². The molecule has 1 N–H and O–H groups in total. The van der Waals surface area contributed by atoms with Gasteiger partial charge in [0.1, 0.15) is 11.8 Å². The van der Waals surface area contributed by atoms with Gasteiger partial charge in [0.05, 0.1) is 11.5 Å². The summed E-state index contributed by atoms with van der Waals surface area (Å²) in [6, 6.07) is 5.24. The number of aliphatic carboxylic acids is 1. The summed E-state index contributed by atoms with van der Waals surface area (Å²) < 4.78 is 32.8. The molecule has 150 valence electrons. The molecular weight excluding hydrogens is 368 g/mol. The van der Waals surface area contributed by atoms with E-state index >= 15 is 0 Å². The molecule has 2 aliphatic rings. The summed E-state index contributed by atoms with van der Waals surface area (Å²) in [6.07, 6.45) is 6.17. The molecule has 1 aromatic rings. The molecule has 0 unspecified atom stereocenters. The Morgan fingerprint density at radius 2 is 1.81 bits per heavy atom. The Balaban J connectivity index is 1.68. The van der Waals surface area contributed by atoms with E-state index in [1.165, 1.54) is 44.2 Å². The molecule has 27 heavy (non-hydrogen) atoms. The van der Waals surface area contributed by atoms with Crippen molar-refractivity contribution in [2.75, 3.05) is 33.3 Å². The first kappa shape index (κ1) is 20.1. The number of carboxylic acid groups (broad SMARTS) is 1. The Morgan fingerprint density at radius 1 is 1.15 bits per heavy atom. The molecule has 7 nitrogen and oxygen atoms in total. The molecule has 1 atom stereocenters. The van der Waals surface area contributed by atoms with Crippen LogP contribution >= 0.6 is 0 Å². The molecular formula is C19H28N2O5S. The summed E-state index contributed by atoms with van der Waals surface area (Å²) in [5.74, 6) is 0.0917. The SMILES string of the molecule is CN1CCN(S(=O)(=O)c2ccc(OCC3CCCCC3)cc2)[C@@H](C(=O)O)C1. The van der Waals surface area contributed by atoms with Gasteiger partial charge in [-0.15, -0.1) is 0 Å². The minimum absolute atomic E-state index is 0.100. The van der Waals surface area contributed by atoms with E-state index in [0.29, 0.717) is 24.8 Å². The van der Waals surface area contributed by atoms with Gasteiger partial charge in [-0.05, 0) is 50.1 Å². The van der Waals surface area contributed by atoms with Crippen LogP contribution in [-0.2, 0) is 14.8 Å². The van der Waals surface area contributed by atoms with E-state index in [2.05, 4.69) is 0 Å². The molecule has 1 aromatic carbocycles. The van der Waals surface area contributed by atoms with E-state index in [-0.39, 0.29) is 18.0 Å². The highest BCUT2D eigenvalue weighted by Crippen LogP contribution is 2.26. The molecule has 0 aromatic heterocycles. The first-order chi connectivity index (χ1) is 12.9. The number of carboxylic acids is 1. The van der Waals surface area contributed by atoms with Crippen LogP contribution in [0.15, 0.2) is 29.2 Å². The van der Waals surface area contributed by atoms with Crippen LogP contribution in [0.3, 0.4) is 0 Å². The number of sulfonamides is 1. The first-order valence-corrected chi connectivity index (χ1v) is 11.0. The van der Waals surface area contributed by atoms with Crippen molar-refractivity contribution in [1.82, 2.24) is 9.21 Å². The minimum Gasteiger partial charge on any atom is -0.493 e. The Kier molecular flexibility index (Phi) is 6.39. The van der Waals surface area contributed by atoms with Crippen LogP contribution in [-0.4, -0.2) is 68.0 Å². The van der Waals surface area contributed by atoms with E-state index in [4.69, 9.17) is 4.74 Å². The summed E-state index contributed by atoms with van der Waals surface area (Å²) in [6.45, 7) is 1.50. The fourth-order valence-electron chi connectivity index (χ4n) is 3.80. The summed E-state index contributed by atoms with van der Waals surface area (Å²) in [5.41, 5.74) is 0. The van der Waals surface area contributed by atoms with Crippen molar-refractivity contribution in [2.24, 2.45) is 5.92 Å². The van der Waals surface area contributed by atoms with Gasteiger partial charge in [-0.1, -0.05) is 19.3 Å². The maximum Gasteiger partial charge on any atom is 0.323 e. The van der Waals surface area contributed by atoms with Crippen LogP contribution in [0.25, 0.3) is 0 Å². The summed E-state index contributed by atoms with van der Waals surface area (Å²) >= 11 is 0. The molecule has 2 fully saturated rings. The predicted molar refractivity (Wildman–Crippen MR) is 101 cm³/mol. The fourth-order valence-corrected chi connectivity index (χ4v) is 5.37. The summed E-state index contributed by atoms with van der Waals surface area (Å²) in [5, 5.41) is 9.42. The topological polar surface area (TPSA) is 87.2 Å². The Labute approximate surface area is 161 Å². The molecule has 1 saturated carbocycles. The van der Waals surface area contributed by atoms with Gasteiger partial charge in [0.25, 0.3) is 0 Å². The lowest BCUT2D eigenvalue weighted by atomic mass is 9.90. The van der Waals surface area contributed by atoms with Crippen molar-refractivity contribution < 1.29 is 23.1 Å². The largest absolute Gasteiger partial charge is 0.493 e. The lowest BCUT2D eigenvalue weighted by molar-refractivity contribution is -0.143. The van der Waals surface area contributed by atoms with E-state index in [1.54, 1.807) is 19.2 Å². The highest BCUT2D eigenvalue weighted by molar-refractivity contribution is 7.89. The van der Waals surface area contributed by atoms with Crippen LogP contribution in [0.5, 0.6) is 5.75 Å². The third-order valence-corrected chi connectivity index (χ3v) is 7.38. The molecule has 0 radical (unpaired) electrons. The van der Waals surface area contributed by atoms with Gasteiger partial charge < -0.3 is 14.7 Å². The van der Waals surface area contributed by atoms with Crippen molar-refractivity contribution >= 4 is 16.0 Å². The number of ether oxygens (including phenoxy) is 1. The molecule has 0 amide bonds. The van der Waals surface area contributed by atoms with E-state index in [0.717, 1.165) is 4.31 Å². The van der Waals surface area contributed by atoms with Gasteiger partial charge in [-0.3, -0.25) is 4.79 Å². The molecule has 1 heterocycles. The van der Waals surface area contributed by atoms with Crippen LogP contribution in [0.1, 0.15) is 32.1 Å². The smallest absolute Gasteiger partial charge is 0.323 e. The average Bonchev–Trinajstić information content (AvgIpc) is 2.67. The normalized spacial score (nSPS) is 23.2. The van der Waals surface area contributed by atoms with Crippen LogP contribution in [0.4, 0.5) is 0 Å². The fraction of sp³-hybridized carbons (Fsp3) is 0.632. The minimum atomic E-state index is -3.86. The van der Waals surface area contributed by atoms with E-state index in [9.17, 15) is 18.3 Å². The van der Waals surface area contributed by atoms with Crippen molar-refractivity contribution in [3.63, 3.8) is 0 Å². The first-order valence-electron chi connectivity index (χ1n) is 9.54. The Morgan fingerprint density at radius 3 is 2.44 bits per heavy atom. The number of hydrogen-bond donors (Lipinski definition) is 1. The number of rotatable bonds is 6. The zero-order valence-corrected chi connectivity index (χ0v) is 16.5. The number of carbonyl (C=O) groups is 1. The molecule has 1 saturated heterocycles. The highest BCUT2D eigenvalue weighted by atomic mass is 32.2. The number of hydrogen-bond acceptors (Lipinski definition) is 5. The molecule has 8 heteroatoms. The molecule has 1 aliphatic carbocycles. The van der Waals surface area contributed by atoms with Crippen molar-refractivity contribution in [2.45, 2.75) is 43.0 Å². The number of piperazine rings is 1. The third kappa shape index (κ3) is 4.80. The second-order valence-electron chi connectivity index (χ2n) is 7.52. The highest BCUT2D eigenvalue weighted by Gasteiger charge is 2.39. The van der Waals surface area contributed by atoms with E-state index in [1.807, 2.05) is 4.90 Å². The second-order valence-corrected chi connectivity index (χ2v) is 9.41. The number of nitrogens with zero attached hydrogens (tertiary/aromatic N) is 2. The monoisotopic (exact) mass is 396 g/mol. The average molecular weight is 397 g/mol. The number of benzene rings is 1. The summed E-state index contributed by atoms with van der Waals surface area (Å²) in [7, 11) is -2.07. The van der Waals surface area contributed by atoms with Gasteiger partial charge in [0.15, 0.2) is 0 Å². The van der Waals surface area contributed by atoms with Crippen molar-refractivity contribution in [3.05, 3.63) is 24.3 Å². The Bertz CT molecular complexity index is 744. The summed E-state index contributed by atoms with van der Waals surface area (Å²) in [4.78, 5) is 13.5. The van der Waals surface area contributed by atoms with Gasteiger partial charge in [-0.25, -0.2) is 8.42 Å². The maximum atomic E-state index is 12.9. The standard InChI is InChI=1S/C19H28N2O5S/c1-20-11-12-21(18(13-20)19(22)23)27(24,25)17-9-7-16(8-10-17)26-14-15-5-3-2-4-6-15/h7-10,15,18H,2-6,11-14H2,1H3,(H,22,23)/t18-/m1/s1. The lowest BCUT2D eigenvalue weighted by Gasteiger charge is -2.36. The van der Waals surface area contributed by atoms with Crippen LogP contribution in [0.2, 0.25) is 0 Å². The molecule has 0 bridgehead atoms. The van der Waals surface area contributed by atoms with Gasteiger partial charge in [-0.2, -0.15) is 4.31 Å². The quantitative estimate of drug-likeness (QED) is 0.792. The second kappa shape index (κ2) is 8.58. The van der Waals surface area contributed by atoms with Crippen LogP contribution in [0, 0.1) is 5.92 Å². The molecule has 0 spiro atoms. The van der Waals surface area contributed by atoms with Crippen molar-refractivity contribution in [1.29, 1.82) is 0 Å². The maximum absolute atomic E-state index is 12.9. The van der Waals surface area contributed by atoms with Crippen LogP contribution < -0.4 is 4.74 Å². The number of likely N-dealkylation sites (N-methyl/N-ethyl adjacent to an activating group) is 1. The van der Waals surface area contributed by atoms with E-state index < -0.39 is 22.0 Å².